The van der Waals surface area contributed by atoms with Crippen LogP contribution in [-0.4, -0.2) is 74.4 Å². The molecule has 16 heteroatoms. The Morgan fingerprint density at radius 1 is 0.648 bits per heavy atom. The first kappa shape index (κ1) is 53.2. The molecule has 0 aliphatic carbocycles. The molecule has 3 aliphatic rings. The van der Waals surface area contributed by atoms with Crippen LogP contribution in [0.25, 0.3) is 21.9 Å². The summed E-state index contributed by atoms with van der Waals surface area (Å²) in [7, 11) is -10.8. The second kappa shape index (κ2) is 19.7. The Bertz CT molecular complexity index is 2900. The topological polar surface area (TPSA) is 150 Å². The summed E-state index contributed by atoms with van der Waals surface area (Å²) in [6.45, 7) is 29.2. The van der Waals surface area contributed by atoms with Crippen LogP contribution in [0.5, 0.6) is 0 Å². The lowest BCUT2D eigenvalue weighted by atomic mass is 9.83. The number of nitrogens with zero attached hydrogens (tertiary/aromatic N) is 3. The van der Waals surface area contributed by atoms with Crippen LogP contribution in [-0.2, 0) is 57.9 Å². The van der Waals surface area contributed by atoms with Gasteiger partial charge in [-0.05, 0) is 134 Å². The molecule has 0 radical (unpaired) electrons. The van der Waals surface area contributed by atoms with Gasteiger partial charge in [0.1, 0.15) is 6.61 Å². The summed E-state index contributed by atoms with van der Waals surface area (Å²) in [5.41, 5.74) is 2.91. The summed E-state index contributed by atoms with van der Waals surface area (Å²) in [6, 6.07) is 21.3. The monoisotopic (exact) mass is 1030 g/mol. The minimum Gasteiger partial charge on any atom is -0.476 e. The Hall–Kier alpha value is -4.05. The van der Waals surface area contributed by atoms with E-state index in [1.165, 1.54) is 8.61 Å². The fourth-order valence-electron chi connectivity index (χ4n) is 9.43. The van der Waals surface area contributed by atoms with E-state index in [1.54, 1.807) is 24.3 Å². The zero-order valence-electron chi connectivity index (χ0n) is 44.1. The van der Waals surface area contributed by atoms with E-state index in [0.717, 1.165) is 35.1 Å². The zero-order valence-corrected chi connectivity index (χ0v) is 46.6. The summed E-state index contributed by atoms with van der Waals surface area (Å²) < 4.78 is 105. The summed E-state index contributed by atoms with van der Waals surface area (Å²) in [6.07, 6.45) is 0.744. The highest BCUT2D eigenvalue weighted by atomic mass is 32.2. The highest BCUT2D eigenvalue weighted by Gasteiger charge is 2.48. The van der Waals surface area contributed by atoms with Crippen molar-refractivity contribution in [1.29, 1.82) is 0 Å². The van der Waals surface area contributed by atoms with E-state index in [1.807, 2.05) is 91.8 Å². The summed E-state index contributed by atoms with van der Waals surface area (Å²) in [5.74, 6) is 0.406. The SMILES string of the molecule is CCc1ccc(S(=O)(=O)N2[C@@H](CC)CO[C@H]2c2cc(C(C)(C)C)cc3c2op(OC(C)(CC)C2=NC(C)(C)CO2)oc2c([C@@H]4OC[C@H](CC)N4S(=O)(=O)c4ccc(CC)cc4)cc(C(C)(C)C)cc23)cc1. The van der Waals surface area contributed by atoms with Gasteiger partial charge in [-0.15, -0.1) is 0 Å². The maximum Gasteiger partial charge on any atom is 0.388 e. The van der Waals surface area contributed by atoms with Crippen LogP contribution < -0.4 is 4.52 Å². The van der Waals surface area contributed by atoms with Crippen LogP contribution >= 0.6 is 8.24 Å². The predicted octanol–water partition coefficient (Wildman–Crippen LogP) is 12.8. The molecule has 1 aromatic heterocycles. The Balaban J connectivity index is 1.49. The molecule has 13 nitrogen and oxygen atoms in total. The molecule has 1 unspecified atom stereocenters. The number of hydrogen-bond donors (Lipinski definition) is 0. The van der Waals surface area contributed by atoms with Gasteiger partial charge in [-0.2, -0.15) is 8.61 Å². The molecule has 0 bridgehead atoms. The Morgan fingerprint density at radius 2 is 1.06 bits per heavy atom. The van der Waals surface area contributed by atoms with E-state index in [4.69, 9.17) is 32.1 Å². The molecule has 2 saturated heterocycles. The molecular formula is C55H74N3O10PS2. The van der Waals surface area contributed by atoms with Gasteiger partial charge in [-0.3, -0.25) is 4.52 Å². The molecule has 3 aliphatic heterocycles. The third kappa shape index (κ3) is 10.2. The fraction of sp³-hybridized carbons (Fsp3) is 0.545. The normalized spacial score (nSPS) is 22.3. The van der Waals surface area contributed by atoms with Crippen LogP contribution in [0.1, 0.15) is 162 Å². The number of benzene rings is 4. The third-order valence-corrected chi connectivity index (χ3v) is 19.4. The Labute approximate surface area is 423 Å². The summed E-state index contributed by atoms with van der Waals surface area (Å²) >= 11 is 0. The van der Waals surface area contributed by atoms with Crippen molar-refractivity contribution >= 4 is 56.1 Å². The largest absolute Gasteiger partial charge is 0.476 e. The van der Waals surface area contributed by atoms with Crippen LogP contribution in [0.15, 0.2) is 96.0 Å². The number of rotatable bonds is 14. The maximum atomic E-state index is 15.1. The first-order chi connectivity index (χ1) is 33.3. The van der Waals surface area contributed by atoms with Gasteiger partial charge in [0.15, 0.2) is 29.2 Å². The predicted molar refractivity (Wildman–Crippen MR) is 282 cm³/mol. The average Bonchev–Trinajstić information content (AvgIpc) is 4.05. The number of hydrogen-bond acceptors (Lipinski definition) is 11. The smallest absolute Gasteiger partial charge is 0.388 e. The minimum atomic E-state index is -4.15. The summed E-state index contributed by atoms with van der Waals surface area (Å²) in [5, 5.41) is 1.22. The quantitative estimate of drug-likeness (QED) is 0.105. The van der Waals surface area contributed by atoms with Gasteiger partial charge in [0.05, 0.1) is 40.6 Å². The van der Waals surface area contributed by atoms with E-state index in [0.29, 0.717) is 64.8 Å². The van der Waals surface area contributed by atoms with E-state index in [-0.39, 0.29) is 23.0 Å². The Kier molecular flexibility index (Phi) is 14.7. The van der Waals surface area contributed by atoms with E-state index >= 15 is 16.8 Å². The van der Waals surface area contributed by atoms with Gasteiger partial charge in [0.25, 0.3) is 0 Å². The standard InChI is InChI=1S/C55H74N3O10PS2/c1-15-35-20-24-41(25-21-35)70(59,60)57-39(17-3)32-63-49(57)45-30-37(52(6,7)8)28-43-44-29-38(53(9,10)11)31-46(50-58(40(18-4)33-64-50)71(61,62)42-26-22-36(16-2)23-27-42)48(44)67-69(66-47(43)45)68-55(14,19-5)51-56-54(12,13)34-65-51/h20-31,39-40,49-50H,15-19,32-34H2,1-14H3/t39-,40-,49-,50-,55?/m0/s1. The van der Waals surface area contributed by atoms with E-state index < -0.39 is 74.8 Å². The van der Waals surface area contributed by atoms with Crippen LogP contribution in [0.2, 0.25) is 0 Å². The third-order valence-electron chi connectivity index (χ3n) is 14.3. The summed E-state index contributed by atoms with van der Waals surface area (Å²) in [4.78, 5) is 5.29. The maximum absolute atomic E-state index is 15.1. The van der Waals surface area contributed by atoms with Crippen molar-refractivity contribution in [3.05, 3.63) is 106 Å². The van der Waals surface area contributed by atoms with Crippen molar-refractivity contribution in [3.63, 3.8) is 0 Å². The van der Waals surface area contributed by atoms with Crippen molar-refractivity contribution in [3.8, 4) is 0 Å². The number of aryl methyl sites for hydroxylation is 2. The first-order valence-electron chi connectivity index (χ1n) is 25.2. The van der Waals surface area contributed by atoms with E-state index in [9.17, 15) is 0 Å². The van der Waals surface area contributed by atoms with Crippen molar-refractivity contribution in [2.45, 2.75) is 185 Å². The van der Waals surface area contributed by atoms with Gasteiger partial charge in [-0.1, -0.05) is 100 Å². The molecule has 5 aromatic rings. The molecule has 2 fully saturated rings. The molecule has 0 saturated carbocycles. The molecule has 386 valence electrons. The number of fused-ring (bicyclic) bond motifs is 3. The molecule has 71 heavy (non-hydrogen) atoms. The molecule has 0 spiro atoms. The number of sulfonamides is 2. The molecule has 0 N–H and O–H groups in total. The molecule has 5 atom stereocenters. The minimum absolute atomic E-state index is 0.155. The number of aliphatic imine (C=N–C) groups is 1. The van der Waals surface area contributed by atoms with Crippen LogP contribution in [0, 0.1) is 0 Å². The molecular weight excluding hydrogens is 958 g/mol. The first-order valence-corrected chi connectivity index (χ1v) is 29.2. The van der Waals surface area contributed by atoms with Gasteiger partial charge in [0, 0.05) is 21.9 Å². The van der Waals surface area contributed by atoms with Crippen molar-refractivity contribution < 1.29 is 44.0 Å². The lowest BCUT2D eigenvalue weighted by Crippen LogP contribution is -2.40. The van der Waals surface area contributed by atoms with Crippen molar-refractivity contribution in [1.82, 2.24) is 8.61 Å². The van der Waals surface area contributed by atoms with Gasteiger partial charge < -0.3 is 22.6 Å². The van der Waals surface area contributed by atoms with Crippen LogP contribution in [0.3, 0.4) is 0 Å². The van der Waals surface area contributed by atoms with Crippen LogP contribution in [0.4, 0.5) is 0 Å². The fourth-order valence-corrected chi connectivity index (χ4v) is 14.3. The lowest BCUT2D eigenvalue weighted by Gasteiger charge is -2.29. The molecule has 4 aromatic carbocycles. The average molecular weight is 1030 g/mol. The van der Waals surface area contributed by atoms with Crippen molar-refractivity contribution in [2.24, 2.45) is 4.99 Å². The van der Waals surface area contributed by atoms with Crippen molar-refractivity contribution in [2.75, 3.05) is 19.8 Å². The van der Waals surface area contributed by atoms with E-state index in [2.05, 4.69) is 53.7 Å². The van der Waals surface area contributed by atoms with Gasteiger partial charge in [0.2, 0.25) is 25.9 Å². The molecule has 8 rings (SSSR count). The number of ether oxygens (including phenoxy) is 3. The zero-order chi connectivity index (χ0) is 51.6. The molecule has 4 heterocycles. The van der Waals surface area contributed by atoms with Gasteiger partial charge >= 0.3 is 8.24 Å². The Morgan fingerprint density at radius 3 is 1.38 bits per heavy atom. The lowest BCUT2D eigenvalue weighted by molar-refractivity contribution is 0.0683. The van der Waals surface area contributed by atoms with Gasteiger partial charge in [-0.25, -0.2) is 21.8 Å². The highest BCUT2D eigenvalue weighted by Crippen LogP contribution is 2.49. The second-order valence-corrected chi connectivity index (χ2v) is 26.8. The second-order valence-electron chi connectivity index (χ2n) is 22.1. The molecule has 0 amide bonds. The highest BCUT2D eigenvalue weighted by molar-refractivity contribution is 7.89.